The van der Waals surface area contributed by atoms with Crippen LogP contribution in [-0.4, -0.2) is 34.1 Å². The minimum Gasteiger partial charge on any atom is -0.481 e. The van der Waals surface area contributed by atoms with Crippen molar-refractivity contribution < 1.29 is 24.6 Å². The molecule has 0 saturated heterocycles. The lowest BCUT2D eigenvalue weighted by Crippen LogP contribution is -2.42. The molecule has 1 atom stereocenters. The molecule has 0 radical (unpaired) electrons. The van der Waals surface area contributed by atoms with Crippen LogP contribution < -0.4 is 5.32 Å². The Morgan fingerprint density at radius 2 is 2.00 bits per heavy atom. The van der Waals surface area contributed by atoms with Gasteiger partial charge in [-0.25, -0.2) is 4.79 Å². The van der Waals surface area contributed by atoms with E-state index in [4.69, 9.17) is 10.2 Å². The largest absolute Gasteiger partial charge is 0.481 e. The van der Waals surface area contributed by atoms with Gasteiger partial charge in [0.15, 0.2) is 0 Å². The van der Waals surface area contributed by atoms with Gasteiger partial charge in [0, 0.05) is 6.42 Å². The SMILES string of the molecule is O=C(O)CC(NC(=O)CC1=CCCCC1)C(=O)O. The number of rotatable bonds is 6. The van der Waals surface area contributed by atoms with E-state index in [1.807, 2.05) is 6.08 Å². The average Bonchev–Trinajstić information content (AvgIpc) is 2.28. The monoisotopic (exact) mass is 255 g/mol. The lowest BCUT2D eigenvalue weighted by atomic mass is 9.97. The molecule has 1 unspecified atom stereocenters. The van der Waals surface area contributed by atoms with E-state index in [2.05, 4.69) is 5.32 Å². The van der Waals surface area contributed by atoms with Gasteiger partial charge in [0.1, 0.15) is 6.04 Å². The molecule has 3 N–H and O–H groups in total. The predicted octanol–water partition coefficient (Wildman–Crippen LogP) is 0.921. The predicted molar refractivity (Wildman–Crippen MR) is 63.0 cm³/mol. The van der Waals surface area contributed by atoms with Gasteiger partial charge < -0.3 is 15.5 Å². The number of allylic oxidation sites excluding steroid dienone is 1. The van der Waals surface area contributed by atoms with Crippen LogP contribution >= 0.6 is 0 Å². The number of amides is 1. The van der Waals surface area contributed by atoms with E-state index in [0.717, 1.165) is 31.3 Å². The minimum atomic E-state index is -1.36. The Hall–Kier alpha value is -1.85. The fourth-order valence-corrected chi connectivity index (χ4v) is 1.89. The highest BCUT2D eigenvalue weighted by molar-refractivity contribution is 5.87. The third-order valence-corrected chi connectivity index (χ3v) is 2.78. The summed E-state index contributed by atoms with van der Waals surface area (Å²) in [7, 11) is 0. The van der Waals surface area contributed by atoms with Crippen molar-refractivity contribution in [3.8, 4) is 0 Å². The summed E-state index contributed by atoms with van der Waals surface area (Å²) >= 11 is 0. The summed E-state index contributed by atoms with van der Waals surface area (Å²) < 4.78 is 0. The van der Waals surface area contributed by atoms with Gasteiger partial charge >= 0.3 is 11.9 Å². The molecular weight excluding hydrogens is 238 g/mol. The van der Waals surface area contributed by atoms with Crippen molar-refractivity contribution >= 4 is 17.8 Å². The van der Waals surface area contributed by atoms with Crippen LogP contribution in [0.15, 0.2) is 11.6 Å². The van der Waals surface area contributed by atoms with Crippen molar-refractivity contribution in [3.63, 3.8) is 0 Å². The van der Waals surface area contributed by atoms with Crippen molar-refractivity contribution in [3.05, 3.63) is 11.6 Å². The van der Waals surface area contributed by atoms with Crippen LogP contribution in [0.4, 0.5) is 0 Å². The second-order valence-corrected chi connectivity index (χ2v) is 4.34. The van der Waals surface area contributed by atoms with Gasteiger partial charge in [-0.05, 0) is 25.7 Å². The second-order valence-electron chi connectivity index (χ2n) is 4.34. The van der Waals surface area contributed by atoms with Gasteiger partial charge in [0.2, 0.25) is 5.91 Å². The first-order valence-electron chi connectivity index (χ1n) is 5.91. The van der Waals surface area contributed by atoms with Crippen LogP contribution in [0.5, 0.6) is 0 Å². The fraction of sp³-hybridized carbons (Fsp3) is 0.583. The van der Waals surface area contributed by atoms with Gasteiger partial charge in [0.05, 0.1) is 6.42 Å². The summed E-state index contributed by atoms with van der Waals surface area (Å²) in [4.78, 5) is 32.8. The number of carbonyl (C=O) groups excluding carboxylic acids is 1. The first-order chi connectivity index (χ1) is 8.49. The zero-order chi connectivity index (χ0) is 13.5. The molecule has 0 aromatic rings. The molecule has 0 fully saturated rings. The van der Waals surface area contributed by atoms with Crippen LogP contribution in [0.3, 0.4) is 0 Å². The van der Waals surface area contributed by atoms with Crippen molar-refractivity contribution in [2.24, 2.45) is 0 Å². The molecule has 1 rings (SSSR count). The van der Waals surface area contributed by atoms with Gasteiger partial charge in [0.25, 0.3) is 0 Å². The van der Waals surface area contributed by atoms with E-state index in [1.54, 1.807) is 0 Å². The highest BCUT2D eigenvalue weighted by atomic mass is 16.4. The molecule has 18 heavy (non-hydrogen) atoms. The summed E-state index contributed by atoms with van der Waals surface area (Å²) in [6.07, 6.45) is 5.49. The molecule has 0 spiro atoms. The molecular formula is C12H17NO5. The second kappa shape index (κ2) is 6.78. The van der Waals surface area contributed by atoms with Gasteiger partial charge in [-0.1, -0.05) is 11.6 Å². The first kappa shape index (κ1) is 14.2. The van der Waals surface area contributed by atoms with E-state index in [1.165, 1.54) is 0 Å². The first-order valence-corrected chi connectivity index (χ1v) is 5.91. The van der Waals surface area contributed by atoms with Crippen molar-refractivity contribution in [1.82, 2.24) is 5.32 Å². The number of hydrogen-bond donors (Lipinski definition) is 3. The lowest BCUT2D eigenvalue weighted by Gasteiger charge is -2.15. The minimum absolute atomic E-state index is 0.156. The van der Waals surface area contributed by atoms with E-state index in [-0.39, 0.29) is 6.42 Å². The lowest BCUT2D eigenvalue weighted by molar-refractivity contribution is -0.147. The number of carboxylic acids is 2. The van der Waals surface area contributed by atoms with E-state index in [9.17, 15) is 14.4 Å². The molecule has 0 bridgehead atoms. The zero-order valence-corrected chi connectivity index (χ0v) is 10.0. The summed E-state index contributed by atoms with van der Waals surface area (Å²) in [5, 5.41) is 19.6. The molecule has 0 heterocycles. The Morgan fingerprint density at radius 3 is 2.50 bits per heavy atom. The summed E-state index contributed by atoms with van der Waals surface area (Å²) in [5.41, 5.74) is 0.998. The molecule has 0 aromatic carbocycles. The molecule has 0 aliphatic heterocycles. The molecule has 1 amide bonds. The maximum atomic E-state index is 11.6. The smallest absolute Gasteiger partial charge is 0.326 e. The van der Waals surface area contributed by atoms with Crippen molar-refractivity contribution in [1.29, 1.82) is 0 Å². The van der Waals surface area contributed by atoms with Crippen LogP contribution in [0.1, 0.15) is 38.5 Å². The van der Waals surface area contributed by atoms with Gasteiger partial charge in [-0.15, -0.1) is 0 Å². The van der Waals surface area contributed by atoms with Crippen LogP contribution in [0.2, 0.25) is 0 Å². The Bertz CT molecular complexity index is 375. The van der Waals surface area contributed by atoms with Gasteiger partial charge in [-0.3, -0.25) is 9.59 Å². The Labute approximate surface area is 105 Å². The topological polar surface area (TPSA) is 104 Å². The maximum Gasteiger partial charge on any atom is 0.326 e. The molecule has 6 nitrogen and oxygen atoms in total. The number of aliphatic carboxylic acids is 2. The van der Waals surface area contributed by atoms with Crippen LogP contribution in [0.25, 0.3) is 0 Å². The number of hydrogen-bond acceptors (Lipinski definition) is 3. The van der Waals surface area contributed by atoms with Gasteiger partial charge in [-0.2, -0.15) is 0 Å². The van der Waals surface area contributed by atoms with E-state index in [0.29, 0.717) is 0 Å². The number of carbonyl (C=O) groups is 3. The van der Waals surface area contributed by atoms with Crippen molar-refractivity contribution in [2.45, 2.75) is 44.6 Å². The molecule has 1 aliphatic carbocycles. The third-order valence-electron chi connectivity index (χ3n) is 2.78. The average molecular weight is 255 g/mol. The van der Waals surface area contributed by atoms with E-state index < -0.39 is 30.3 Å². The Balaban J connectivity index is 2.47. The normalized spacial score (nSPS) is 16.6. The van der Waals surface area contributed by atoms with Crippen LogP contribution in [-0.2, 0) is 14.4 Å². The summed E-state index contributed by atoms with van der Waals surface area (Å²) in [6.45, 7) is 0. The molecule has 1 aliphatic rings. The Kier molecular flexibility index (Phi) is 5.35. The third kappa shape index (κ3) is 4.99. The number of nitrogens with one attached hydrogen (secondary N) is 1. The summed E-state index contributed by atoms with van der Waals surface area (Å²) in [6, 6.07) is -1.36. The zero-order valence-electron chi connectivity index (χ0n) is 10.0. The van der Waals surface area contributed by atoms with E-state index >= 15 is 0 Å². The summed E-state index contributed by atoms with van der Waals surface area (Å²) in [5.74, 6) is -3.01. The Morgan fingerprint density at radius 1 is 1.28 bits per heavy atom. The molecule has 100 valence electrons. The van der Waals surface area contributed by atoms with Crippen molar-refractivity contribution in [2.75, 3.05) is 0 Å². The quantitative estimate of drug-likeness (QED) is 0.612. The standard InChI is InChI=1S/C12H17NO5/c14-10(6-8-4-2-1-3-5-8)13-9(12(17)18)7-11(15)16/h4,9H,1-3,5-7H2,(H,13,14)(H,15,16)(H,17,18). The molecule has 0 saturated carbocycles. The molecule has 6 heteroatoms. The fourth-order valence-electron chi connectivity index (χ4n) is 1.89. The highest BCUT2D eigenvalue weighted by Crippen LogP contribution is 2.19. The maximum absolute atomic E-state index is 11.6. The highest BCUT2D eigenvalue weighted by Gasteiger charge is 2.23. The number of carboxylic acid groups (broad SMARTS) is 2. The molecule has 0 aromatic heterocycles. The van der Waals surface area contributed by atoms with Crippen LogP contribution in [0, 0.1) is 0 Å².